The lowest BCUT2D eigenvalue weighted by Crippen LogP contribution is -2.40. The number of amides is 1. The average molecular weight is 609 g/mol. The van der Waals surface area contributed by atoms with Crippen LogP contribution in [0.15, 0.2) is 12.1 Å². The molecule has 1 aliphatic rings. The van der Waals surface area contributed by atoms with Crippen molar-refractivity contribution in [2.45, 2.75) is 53.2 Å². The first-order valence-electron chi connectivity index (χ1n) is 11.7. The maximum Gasteiger partial charge on any atom is 0.410 e. The smallest absolute Gasteiger partial charge is 0.410 e. The fourth-order valence-electron chi connectivity index (χ4n) is 3.92. The zero-order chi connectivity index (χ0) is 26.2. The number of hydrogen-bond donors (Lipinski definition) is 1. The van der Waals surface area contributed by atoms with Crippen LogP contribution in [0.1, 0.15) is 46.0 Å². The van der Waals surface area contributed by atoms with Crippen LogP contribution in [-0.2, 0) is 17.7 Å². The predicted octanol–water partition coefficient (Wildman–Crippen LogP) is 4.36. The second kappa shape index (κ2) is 10.2. The molecule has 0 spiro atoms. The number of fused-ring (bicyclic) bond motifs is 2. The van der Waals surface area contributed by atoms with Crippen molar-refractivity contribution in [1.82, 2.24) is 24.4 Å². The van der Waals surface area contributed by atoms with Crippen LogP contribution in [0.3, 0.4) is 0 Å². The standard InChI is InChI=1S/C24H30FIN6O4/c1-13(2)11-31(23(33)36-24(3,4)5)6-7-32-18(28-19-20(27)29-22(25)30-21(19)32)9-14-8-16-17(10-15(14)26)35-12-34-16/h8,10,13H,6-7,9,11-12H2,1-5H3,(H2,27,29,30)/i26-3. The van der Waals surface area contributed by atoms with Crippen LogP contribution in [0.5, 0.6) is 11.5 Å². The van der Waals surface area contributed by atoms with E-state index in [2.05, 4.69) is 37.5 Å². The Morgan fingerprint density at radius 1 is 1.25 bits per heavy atom. The first kappa shape index (κ1) is 26.2. The van der Waals surface area contributed by atoms with E-state index in [0.29, 0.717) is 48.9 Å². The molecule has 0 unspecified atom stereocenters. The molecule has 1 amide bonds. The molecule has 2 aromatic heterocycles. The molecule has 0 radical (unpaired) electrons. The largest absolute Gasteiger partial charge is 0.454 e. The molecule has 3 aromatic rings. The van der Waals surface area contributed by atoms with Crippen LogP contribution >= 0.6 is 22.6 Å². The summed E-state index contributed by atoms with van der Waals surface area (Å²) < 4.78 is 33.5. The lowest BCUT2D eigenvalue weighted by Gasteiger charge is -2.29. The Hall–Kier alpha value is -2.90. The normalized spacial score (nSPS) is 13.0. The number of hydrogen-bond acceptors (Lipinski definition) is 8. The summed E-state index contributed by atoms with van der Waals surface area (Å²) >= 11 is 2.23. The summed E-state index contributed by atoms with van der Waals surface area (Å²) in [6.45, 7) is 10.8. The number of carbonyl (C=O) groups excluding carboxylic acids is 1. The molecular weight excluding hydrogens is 579 g/mol. The number of aromatic nitrogens is 4. The Bertz CT molecular complexity index is 1290. The van der Waals surface area contributed by atoms with Gasteiger partial charge in [0.15, 0.2) is 28.5 Å². The summed E-state index contributed by atoms with van der Waals surface area (Å²) in [6.07, 6.45) is -0.937. The van der Waals surface area contributed by atoms with Crippen molar-refractivity contribution in [3.8, 4) is 11.5 Å². The SMILES string of the molecule is CC(C)CN(CCn1c(Cc2cc3c(cc2[124I])OCO3)nc2c(N)nc(F)nc21)C(=O)OC(C)(C)C. The third kappa shape index (κ3) is 5.90. The number of halogens is 2. The molecule has 1 aromatic carbocycles. The molecule has 194 valence electrons. The van der Waals surface area contributed by atoms with Gasteiger partial charge in [0.05, 0.1) is 0 Å². The molecule has 0 saturated carbocycles. The van der Waals surface area contributed by atoms with E-state index in [1.165, 1.54) is 0 Å². The van der Waals surface area contributed by atoms with Crippen molar-refractivity contribution in [3.63, 3.8) is 0 Å². The Labute approximate surface area is 222 Å². The number of nitrogen functional groups attached to an aromatic ring is 1. The lowest BCUT2D eigenvalue weighted by atomic mass is 10.1. The van der Waals surface area contributed by atoms with Gasteiger partial charge < -0.3 is 29.4 Å². The van der Waals surface area contributed by atoms with Gasteiger partial charge in [0.2, 0.25) is 6.79 Å². The van der Waals surface area contributed by atoms with E-state index >= 15 is 0 Å². The summed E-state index contributed by atoms with van der Waals surface area (Å²) in [7, 11) is 0. The van der Waals surface area contributed by atoms with Crippen molar-refractivity contribution in [2.24, 2.45) is 5.92 Å². The van der Waals surface area contributed by atoms with Crippen LogP contribution < -0.4 is 15.2 Å². The number of imidazole rings is 1. The second-order valence-electron chi connectivity index (χ2n) is 10.0. The highest BCUT2D eigenvalue weighted by Crippen LogP contribution is 2.36. The molecule has 10 nitrogen and oxygen atoms in total. The maximum absolute atomic E-state index is 14.2. The van der Waals surface area contributed by atoms with Gasteiger partial charge >= 0.3 is 12.2 Å². The summed E-state index contributed by atoms with van der Waals surface area (Å²) in [4.78, 5) is 26.8. The summed E-state index contributed by atoms with van der Waals surface area (Å²) in [5, 5.41) is 0. The number of anilines is 1. The number of ether oxygens (including phenoxy) is 3. The van der Waals surface area contributed by atoms with E-state index in [1.807, 2.05) is 46.8 Å². The average Bonchev–Trinajstić information content (AvgIpc) is 3.34. The molecule has 0 saturated heterocycles. The molecule has 0 fully saturated rings. The monoisotopic (exact) mass is 609 g/mol. The second-order valence-corrected chi connectivity index (χ2v) is 11.2. The topological polar surface area (TPSA) is 118 Å². The molecule has 0 atom stereocenters. The molecule has 2 N–H and O–H groups in total. The van der Waals surface area contributed by atoms with Crippen molar-refractivity contribution in [3.05, 3.63) is 33.2 Å². The Balaban J connectivity index is 1.69. The molecule has 0 aliphatic carbocycles. The quantitative estimate of drug-likeness (QED) is 0.310. The van der Waals surface area contributed by atoms with Crippen LogP contribution in [0, 0.1) is 15.6 Å². The molecular formula is C24H30FIN6O4. The Kier molecular flexibility index (Phi) is 7.43. The number of nitrogens with zero attached hydrogens (tertiary/aromatic N) is 5. The highest BCUT2D eigenvalue weighted by Gasteiger charge is 2.25. The minimum atomic E-state index is -0.934. The van der Waals surface area contributed by atoms with Crippen LogP contribution in [0.4, 0.5) is 15.0 Å². The highest BCUT2D eigenvalue weighted by atomic mass is 124. The van der Waals surface area contributed by atoms with Crippen LogP contribution in [-0.4, -0.2) is 56.0 Å². The molecule has 4 rings (SSSR count). The van der Waals surface area contributed by atoms with Crippen molar-refractivity contribution in [1.29, 1.82) is 0 Å². The van der Waals surface area contributed by atoms with Crippen molar-refractivity contribution in [2.75, 3.05) is 25.6 Å². The summed E-state index contributed by atoms with van der Waals surface area (Å²) in [5.74, 6) is 2.15. The first-order chi connectivity index (χ1) is 16.9. The van der Waals surface area contributed by atoms with Gasteiger partial charge in [-0.2, -0.15) is 14.4 Å². The van der Waals surface area contributed by atoms with E-state index in [9.17, 15) is 9.18 Å². The van der Waals surface area contributed by atoms with Gasteiger partial charge in [-0.05, 0) is 67.0 Å². The van der Waals surface area contributed by atoms with Gasteiger partial charge in [0.1, 0.15) is 11.4 Å². The first-order valence-corrected chi connectivity index (χ1v) is 12.7. The highest BCUT2D eigenvalue weighted by molar-refractivity contribution is 14.1. The van der Waals surface area contributed by atoms with Gasteiger partial charge in [-0.15, -0.1) is 0 Å². The minimum Gasteiger partial charge on any atom is -0.454 e. The third-order valence-electron chi connectivity index (χ3n) is 5.39. The maximum atomic E-state index is 14.2. The fourth-order valence-corrected chi connectivity index (χ4v) is 4.55. The van der Waals surface area contributed by atoms with E-state index in [1.54, 1.807) is 9.47 Å². The minimum absolute atomic E-state index is 0.0379. The molecule has 12 heteroatoms. The van der Waals surface area contributed by atoms with Crippen LogP contribution in [0.25, 0.3) is 11.2 Å². The van der Waals surface area contributed by atoms with Crippen molar-refractivity contribution >= 4 is 45.7 Å². The zero-order valence-electron chi connectivity index (χ0n) is 21.0. The van der Waals surface area contributed by atoms with Crippen molar-refractivity contribution < 1.29 is 23.4 Å². The zero-order valence-corrected chi connectivity index (χ0v) is 23.1. The predicted molar refractivity (Wildman–Crippen MR) is 140 cm³/mol. The lowest BCUT2D eigenvalue weighted by molar-refractivity contribution is 0.0222. The molecule has 3 heterocycles. The molecule has 0 bridgehead atoms. The van der Waals surface area contributed by atoms with Gasteiger partial charge in [-0.3, -0.25) is 0 Å². The van der Waals surface area contributed by atoms with Gasteiger partial charge in [-0.25, -0.2) is 9.78 Å². The number of benzene rings is 1. The third-order valence-corrected chi connectivity index (χ3v) is 6.40. The number of nitrogens with two attached hydrogens (primary N) is 1. The Morgan fingerprint density at radius 2 is 1.94 bits per heavy atom. The molecule has 1 aliphatic heterocycles. The number of rotatable bonds is 7. The molecule has 36 heavy (non-hydrogen) atoms. The summed E-state index contributed by atoms with van der Waals surface area (Å²) in [6, 6.07) is 3.82. The van der Waals surface area contributed by atoms with E-state index in [-0.39, 0.29) is 24.2 Å². The van der Waals surface area contributed by atoms with Crippen LogP contribution in [0.2, 0.25) is 0 Å². The van der Waals surface area contributed by atoms with Gasteiger partial charge in [-0.1, -0.05) is 13.8 Å². The van der Waals surface area contributed by atoms with E-state index in [0.717, 1.165) is 9.13 Å². The van der Waals surface area contributed by atoms with Gasteiger partial charge in [0.25, 0.3) is 0 Å². The van der Waals surface area contributed by atoms with E-state index < -0.39 is 17.8 Å². The van der Waals surface area contributed by atoms with Gasteiger partial charge in [0, 0.05) is 29.6 Å². The van der Waals surface area contributed by atoms with E-state index in [4.69, 9.17) is 19.9 Å². The number of carbonyl (C=O) groups is 1. The fraction of sp³-hybridized carbons (Fsp3) is 0.500. The Morgan fingerprint density at radius 3 is 2.61 bits per heavy atom. The summed E-state index contributed by atoms with van der Waals surface area (Å²) in [5.41, 5.74) is 6.91.